The van der Waals surface area contributed by atoms with E-state index in [-0.39, 0.29) is 82.0 Å². The summed E-state index contributed by atoms with van der Waals surface area (Å²) in [5, 5.41) is 0. The summed E-state index contributed by atoms with van der Waals surface area (Å²) in [5.41, 5.74) is 7.47. The normalized spacial score (nSPS) is 25.2. The van der Waals surface area contributed by atoms with Gasteiger partial charge in [0.25, 0.3) is 0 Å². The van der Waals surface area contributed by atoms with Crippen LogP contribution >= 0.6 is 0 Å². The van der Waals surface area contributed by atoms with Gasteiger partial charge in [0.2, 0.25) is 8.32 Å². The van der Waals surface area contributed by atoms with Gasteiger partial charge in [-0.25, -0.2) is 0 Å². The molecular formula is C24H55LiO4Si5V3. The first-order valence-corrected chi connectivity index (χ1v) is 25.0. The summed E-state index contributed by atoms with van der Waals surface area (Å²) in [7, 11) is -9.84. The van der Waals surface area contributed by atoms with Gasteiger partial charge in [-0.15, -0.1) is 26.3 Å². The molecule has 211 valence electrons. The predicted octanol–water partition coefficient (Wildman–Crippen LogP) is 5.63. The molecule has 0 N–H and O–H groups in total. The fourth-order valence-corrected chi connectivity index (χ4v) is 23.8. The third-order valence-corrected chi connectivity index (χ3v) is 23.2. The summed E-state index contributed by atoms with van der Waals surface area (Å²) in [6.07, 6.45) is 4.81. The van der Waals surface area contributed by atoms with Crippen molar-refractivity contribution in [3.63, 3.8) is 0 Å². The maximum atomic E-state index is 6.24. The Labute approximate surface area is 285 Å². The van der Waals surface area contributed by atoms with E-state index in [9.17, 15) is 0 Å². The fourth-order valence-electron chi connectivity index (χ4n) is 2.94. The van der Waals surface area contributed by atoms with Gasteiger partial charge >= 0.3 is 44.5 Å². The van der Waals surface area contributed by atoms with Crippen LogP contribution in [-0.4, -0.2) is 42.3 Å². The summed E-state index contributed by atoms with van der Waals surface area (Å²) < 4.78 is 24.1. The zero-order valence-electron chi connectivity index (χ0n) is 24.9. The summed E-state index contributed by atoms with van der Waals surface area (Å²) in [5.74, 6) is 0. The predicted molar refractivity (Wildman–Crippen MR) is 162 cm³/mol. The minimum absolute atomic E-state index is 0. The van der Waals surface area contributed by atoms with Gasteiger partial charge in [-0.3, -0.25) is 0 Å². The molecule has 1 aliphatic rings. The van der Waals surface area contributed by atoms with Gasteiger partial charge in [0, 0.05) is 55.7 Å². The summed E-state index contributed by atoms with van der Waals surface area (Å²) in [6.45, 7) is 38.2. The fraction of sp³-hybridized carbons (Fsp3) is 0.625. The maximum Gasteiger partial charge on any atom is 1.00 e. The average molecular weight is 708 g/mol. The zero-order valence-corrected chi connectivity index (χ0v) is 34.0. The van der Waals surface area contributed by atoms with Crippen molar-refractivity contribution in [3.05, 3.63) is 56.0 Å². The number of hydrogen-bond donors (Lipinski definition) is 0. The van der Waals surface area contributed by atoms with Crippen LogP contribution in [0.5, 0.6) is 0 Å². The van der Waals surface area contributed by atoms with Crippen LogP contribution in [0.1, 0.15) is 47.0 Å². The van der Waals surface area contributed by atoms with Crippen LogP contribution in [0.4, 0.5) is 0 Å². The van der Waals surface area contributed by atoms with E-state index in [0.717, 1.165) is 6.42 Å². The first-order chi connectivity index (χ1) is 14.5. The van der Waals surface area contributed by atoms with Crippen LogP contribution in [0.25, 0.3) is 0 Å². The minimum Gasteiger partial charge on any atom is -0.453 e. The third-order valence-electron chi connectivity index (χ3n) is 4.68. The molecule has 0 aromatic rings. The van der Waals surface area contributed by atoms with E-state index < -0.39 is 42.3 Å². The second-order valence-corrected chi connectivity index (χ2v) is 28.0. The van der Waals surface area contributed by atoms with Crippen LogP contribution in [0.2, 0.25) is 51.9 Å². The van der Waals surface area contributed by atoms with Gasteiger partial charge in [-0.05, 0) is 51.9 Å². The van der Waals surface area contributed by atoms with Crippen LogP contribution in [-0.2, 0) is 72.1 Å². The van der Waals surface area contributed by atoms with Crippen molar-refractivity contribution in [3.8, 4) is 0 Å². The van der Waals surface area contributed by atoms with Crippen molar-refractivity contribution < 1.29 is 91.0 Å². The Kier molecular flexibility index (Phi) is 38.7. The molecule has 1 aliphatic heterocycles. The second kappa shape index (κ2) is 25.9. The molecule has 1 atom stereocenters. The smallest absolute Gasteiger partial charge is 0.453 e. The van der Waals surface area contributed by atoms with E-state index in [1.165, 1.54) is 25.3 Å². The maximum absolute atomic E-state index is 6.24. The van der Waals surface area contributed by atoms with Crippen LogP contribution in [0.15, 0.2) is 49.1 Å². The molecule has 1 rings (SSSR count). The van der Waals surface area contributed by atoms with Gasteiger partial charge in [-0.2, -0.15) is 6.42 Å². The van der Waals surface area contributed by atoms with Crippen molar-refractivity contribution >= 4 is 42.3 Å². The Morgan fingerprint density at radius 2 is 1.05 bits per heavy atom. The molecule has 0 aromatic carbocycles. The molecule has 37 heavy (non-hydrogen) atoms. The minimum atomic E-state index is -2.30. The van der Waals surface area contributed by atoms with E-state index in [1.807, 2.05) is 19.6 Å². The zero-order chi connectivity index (χ0) is 25.7. The van der Waals surface area contributed by atoms with Crippen molar-refractivity contribution in [1.29, 1.82) is 0 Å². The van der Waals surface area contributed by atoms with Gasteiger partial charge < -0.3 is 23.4 Å². The quantitative estimate of drug-likeness (QED) is 0.218. The first kappa shape index (κ1) is 55.2. The standard InChI is InChI=1S/C10H24OSi2.C9H18O3Si3.C4H9.CH4.Li.3V/c1-7-9-10-13(6,8-2)11-12(3,4)5;1-7-13(4)10-14(5,8-2)12-15(6,9-3)11-13;1-3-4-2;;;;;/h8H,2,7,9-10H2,1,3-6H3;7-9H,1-3H2,4-6H3;1,3-4H2,2H3;1H4;;;;/q;;-1;;+1;;;. The van der Waals surface area contributed by atoms with Gasteiger partial charge in [-0.1, -0.05) is 63.3 Å². The molecule has 1 saturated heterocycles. The Morgan fingerprint density at radius 1 is 0.757 bits per heavy atom. The number of unbranched alkanes of at least 4 members (excludes halogenated alkanes) is 2. The molecule has 13 heteroatoms. The molecule has 1 fully saturated rings. The number of hydrogen-bond acceptors (Lipinski definition) is 4. The average Bonchev–Trinajstić information content (AvgIpc) is 2.71. The summed E-state index contributed by atoms with van der Waals surface area (Å²) >= 11 is 0. The molecule has 0 saturated carbocycles. The van der Waals surface area contributed by atoms with E-state index in [1.54, 1.807) is 17.1 Å². The van der Waals surface area contributed by atoms with Gasteiger partial charge in [0.05, 0.1) is 0 Å². The van der Waals surface area contributed by atoms with Crippen molar-refractivity contribution in [2.45, 2.75) is 98.8 Å². The van der Waals surface area contributed by atoms with Crippen molar-refractivity contribution in [2.75, 3.05) is 0 Å². The first-order valence-electron chi connectivity index (χ1n) is 11.7. The van der Waals surface area contributed by atoms with E-state index >= 15 is 0 Å². The SMILES string of the molecule is C.C=C[Si](C)(CCCC)O[Si](C)(C)C.C=C[Si]1(C)O[Si](C)(C=C)O[Si](C)(C=C)O1.[CH2-]CCC.[Li+].[V].[V].[V]. The molecule has 0 spiro atoms. The van der Waals surface area contributed by atoms with Gasteiger partial charge in [0.1, 0.15) is 0 Å². The molecule has 1 heterocycles. The monoisotopic (exact) mass is 707 g/mol. The van der Waals surface area contributed by atoms with Gasteiger partial charge in [0.15, 0.2) is 8.32 Å². The Bertz CT molecular complexity index is 558. The van der Waals surface area contributed by atoms with E-state index in [0.29, 0.717) is 0 Å². The molecule has 4 nitrogen and oxygen atoms in total. The van der Waals surface area contributed by atoms with E-state index in [2.05, 4.69) is 79.0 Å². The van der Waals surface area contributed by atoms with Crippen molar-refractivity contribution in [2.24, 2.45) is 0 Å². The summed E-state index contributed by atoms with van der Waals surface area (Å²) in [4.78, 5) is 0. The Morgan fingerprint density at radius 3 is 1.22 bits per heavy atom. The molecule has 1 unspecified atom stereocenters. The Balaban J connectivity index is -0.0000000764. The molecule has 0 aliphatic carbocycles. The van der Waals surface area contributed by atoms with Crippen molar-refractivity contribution in [1.82, 2.24) is 0 Å². The molecule has 0 aromatic heterocycles. The molecule has 3 radical (unpaired) electrons. The second-order valence-electron chi connectivity index (χ2n) is 9.65. The third kappa shape index (κ3) is 25.7. The van der Waals surface area contributed by atoms with Crippen LogP contribution in [0.3, 0.4) is 0 Å². The molecule has 0 amide bonds. The summed E-state index contributed by atoms with van der Waals surface area (Å²) in [6, 6.07) is 1.23. The molecule has 0 bridgehead atoms. The van der Waals surface area contributed by atoms with Crippen LogP contribution < -0.4 is 18.9 Å². The Hall–Kier alpha value is 2.24. The van der Waals surface area contributed by atoms with E-state index in [4.69, 9.17) is 16.5 Å². The molecular weight excluding hydrogens is 652 g/mol. The largest absolute Gasteiger partial charge is 1.00 e. The number of rotatable bonds is 10. The topological polar surface area (TPSA) is 36.9 Å². The van der Waals surface area contributed by atoms with Crippen LogP contribution in [0, 0.1) is 6.92 Å².